The van der Waals surface area contributed by atoms with Gasteiger partial charge in [-0.15, -0.1) is 0 Å². The number of rotatable bonds is 7. The predicted molar refractivity (Wildman–Crippen MR) is 107 cm³/mol. The van der Waals surface area contributed by atoms with E-state index in [-0.39, 0.29) is 36.3 Å². The van der Waals surface area contributed by atoms with Gasteiger partial charge >= 0.3 is 0 Å². The average molecular weight is 399 g/mol. The molecule has 0 bridgehead atoms. The zero-order valence-electron chi connectivity index (χ0n) is 16.7. The molecule has 0 unspecified atom stereocenters. The van der Waals surface area contributed by atoms with Crippen LogP contribution in [0.3, 0.4) is 0 Å². The van der Waals surface area contributed by atoms with Crippen LogP contribution in [0.4, 0.5) is 0 Å². The molecule has 1 aromatic heterocycles. The van der Waals surface area contributed by atoms with E-state index in [0.717, 1.165) is 19.4 Å². The molecule has 4 rings (SSSR count). The van der Waals surface area contributed by atoms with Gasteiger partial charge in [-0.25, -0.2) is 0 Å². The predicted octanol–water partition coefficient (Wildman–Crippen LogP) is 0.403. The number of nitrogens with one attached hydrogen (secondary N) is 2. The topological polar surface area (TPSA) is 94.6 Å². The molecule has 8 nitrogen and oxygen atoms in total. The highest BCUT2D eigenvalue weighted by molar-refractivity contribution is 5.92. The summed E-state index contributed by atoms with van der Waals surface area (Å²) in [5.74, 6) is 0.529. The molecule has 2 atom stereocenters. The molecule has 3 amide bonds. The van der Waals surface area contributed by atoms with E-state index in [1.807, 2.05) is 0 Å². The minimum absolute atomic E-state index is 0.0591. The fraction of sp³-hybridized carbons (Fsp3) is 0.619. The number of amides is 3. The number of hydrogen-bond donors (Lipinski definition) is 2. The Morgan fingerprint density at radius 2 is 2.00 bits per heavy atom. The van der Waals surface area contributed by atoms with Gasteiger partial charge in [0.2, 0.25) is 11.8 Å². The minimum Gasteiger partial charge on any atom is -0.353 e. The van der Waals surface area contributed by atoms with Crippen LogP contribution in [0.1, 0.15) is 42.6 Å². The summed E-state index contributed by atoms with van der Waals surface area (Å²) in [6, 6.07) is 5.73. The van der Waals surface area contributed by atoms with Gasteiger partial charge in [-0.2, -0.15) is 0 Å². The van der Waals surface area contributed by atoms with E-state index >= 15 is 0 Å². The number of hydrogen-bond acceptors (Lipinski definition) is 5. The Balaban J connectivity index is 1.34. The summed E-state index contributed by atoms with van der Waals surface area (Å²) >= 11 is 0. The Morgan fingerprint density at radius 3 is 2.72 bits per heavy atom. The normalized spacial score (nSPS) is 25.0. The SMILES string of the molecule is O=C1CN(C(=O)C[C@H]2CC[C@@H](CNC(=O)c3ccccn3)N2CC2CC2)CCN1. The van der Waals surface area contributed by atoms with Crippen molar-refractivity contribution in [2.75, 3.05) is 32.7 Å². The van der Waals surface area contributed by atoms with Crippen LogP contribution < -0.4 is 10.6 Å². The number of pyridine rings is 1. The van der Waals surface area contributed by atoms with Crippen molar-refractivity contribution in [3.63, 3.8) is 0 Å². The van der Waals surface area contributed by atoms with Crippen molar-refractivity contribution < 1.29 is 14.4 Å². The lowest BCUT2D eigenvalue weighted by Crippen LogP contribution is -2.51. The van der Waals surface area contributed by atoms with Crippen LogP contribution >= 0.6 is 0 Å². The van der Waals surface area contributed by atoms with Gasteiger partial charge in [0.15, 0.2) is 0 Å². The third-order valence-electron chi connectivity index (χ3n) is 6.13. The zero-order valence-corrected chi connectivity index (χ0v) is 16.7. The fourth-order valence-electron chi connectivity index (χ4n) is 4.33. The van der Waals surface area contributed by atoms with Gasteiger partial charge in [-0.05, 0) is 43.7 Å². The third-order valence-corrected chi connectivity index (χ3v) is 6.13. The molecule has 1 saturated carbocycles. The molecule has 29 heavy (non-hydrogen) atoms. The summed E-state index contributed by atoms with van der Waals surface area (Å²) in [6.07, 6.45) is 6.47. The van der Waals surface area contributed by atoms with Crippen LogP contribution in [0.5, 0.6) is 0 Å². The van der Waals surface area contributed by atoms with E-state index in [4.69, 9.17) is 0 Å². The number of carbonyl (C=O) groups excluding carboxylic acids is 3. The van der Waals surface area contributed by atoms with Gasteiger partial charge in [-0.1, -0.05) is 6.07 Å². The van der Waals surface area contributed by atoms with Crippen LogP contribution in [0.25, 0.3) is 0 Å². The standard InChI is InChI=1S/C21H29N5O3/c27-19-14-25(10-9-23-19)20(28)11-16-6-7-17(26(16)13-15-4-5-15)12-24-21(29)18-3-1-2-8-22-18/h1-3,8,15-17H,4-7,9-14H2,(H,23,27)(H,24,29)/t16-,17+/m1/s1. The first-order chi connectivity index (χ1) is 14.1. The maximum absolute atomic E-state index is 12.7. The highest BCUT2D eigenvalue weighted by Gasteiger charge is 2.39. The van der Waals surface area contributed by atoms with Gasteiger partial charge < -0.3 is 15.5 Å². The quantitative estimate of drug-likeness (QED) is 0.692. The highest BCUT2D eigenvalue weighted by atomic mass is 16.2. The van der Waals surface area contributed by atoms with Crippen LogP contribution in [0, 0.1) is 5.92 Å². The Hall–Kier alpha value is -2.48. The molecule has 2 saturated heterocycles. The van der Waals surface area contributed by atoms with Crippen molar-refractivity contribution in [1.29, 1.82) is 0 Å². The summed E-state index contributed by atoms with van der Waals surface area (Å²) in [7, 11) is 0. The first kappa shape index (κ1) is 19.8. The molecule has 0 radical (unpaired) electrons. The summed E-state index contributed by atoms with van der Waals surface area (Å²) in [5, 5.41) is 5.78. The van der Waals surface area contributed by atoms with E-state index in [0.29, 0.717) is 37.7 Å². The van der Waals surface area contributed by atoms with Crippen molar-refractivity contribution in [3.8, 4) is 0 Å². The van der Waals surface area contributed by atoms with Gasteiger partial charge in [0.25, 0.3) is 5.91 Å². The zero-order chi connectivity index (χ0) is 20.2. The van der Waals surface area contributed by atoms with Crippen molar-refractivity contribution in [3.05, 3.63) is 30.1 Å². The number of likely N-dealkylation sites (tertiary alicyclic amines) is 1. The van der Waals surface area contributed by atoms with Crippen molar-refractivity contribution in [2.45, 2.75) is 44.2 Å². The van der Waals surface area contributed by atoms with Gasteiger partial charge in [0, 0.05) is 50.9 Å². The van der Waals surface area contributed by atoms with Crippen LogP contribution in [0.15, 0.2) is 24.4 Å². The molecular weight excluding hydrogens is 370 g/mol. The lowest BCUT2D eigenvalue weighted by atomic mass is 10.1. The third kappa shape index (κ3) is 5.12. The molecule has 1 aliphatic carbocycles. The van der Waals surface area contributed by atoms with Gasteiger partial charge in [0.05, 0.1) is 6.54 Å². The number of aromatic nitrogens is 1. The second-order valence-corrected chi connectivity index (χ2v) is 8.32. The maximum Gasteiger partial charge on any atom is 0.269 e. The van der Waals surface area contributed by atoms with E-state index in [1.165, 1.54) is 12.8 Å². The second-order valence-electron chi connectivity index (χ2n) is 8.32. The van der Waals surface area contributed by atoms with Crippen LogP contribution in [-0.2, 0) is 9.59 Å². The van der Waals surface area contributed by atoms with Crippen LogP contribution in [0.2, 0.25) is 0 Å². The molecule has 1 aromatic rings. The first-order valence-electron chi connectivity index (χ1n) is 10.6. The summed E-state index contributed by atoms with van der Waals surface area (Å²) in [5.41, 5.74) is 0.425. The smallest absolute Gasteiger partial charge is 0.269 e. The number of carbonyl (C=O) groups is 3. The van der Waals surface area contributed by atoms with Crippen molar-refractivity contribution in [2.24, 2.45) is 5.92 Å². The lowest BCUT2D eigenvalue weighted by molar-refractivity contribution is -0.139. The summed E-state index contributed by atoms with van der Waals surface area (Å²) < 4.78 is 0. The van der Waals surface area contributed by atoms with Crippen LogP contribution in [-0.4, -0.2) is 77.3 Å². The summed E-state index contributed by atoms with van der Waals surface area (Å²) in [6.45, 7) is 2.84. The molecule has 0 spiro atoms. The lowest BCUT2D eigenvalue weighted by Gasteiger charge is -2.32. The Labute approximate surface area is 171 Å². The van der Waals surface area contributed by atoms with E-state index < -0.39 is 0 Å². The van der Waals surface area contributed by atoms with E-state index in [1.54, 1.807) is 29.3 Å². The molecular formula is C21H29N5O3. The van der Waals surface area contributed by atoms with Crippen molar-refractivity contribution >= 4 is 17.7 Å². The number of nitrogens with zero attached hydrogens (tertiary/aromatic N) is 3. The maximum atomic E-state index is 12.7. The fourth-order valence-corrected chi connectivity index (χ4v) is 4.33. The Kier molecular flexibility index (Phi) is 6.08. The Morgan fingerprint density at radius 1 is 1.17 bits per heavy atom. The molecule has 3 aliphatic rings. The Bertz CT molecular complexity index is 752. The van der Waals surface area contributed by atoms with E-state index in [2.05, 4.69) is 20.5 Å². The monoisotopic (exact) mass is 399 g/mol. The van der Waals surface area contributed by atoms with E-state index in [9.17, 15) is 14.4 Å². The molecule has 2 aliphatic heterocycles. The molecule has 3 heterocycles. The van der Waals surface area contributed by atoms with Gasteiger partial charge in [-0.3, -0.25) is 24.3 Å². The molecule has 2 N–H and O–H groups in total. The molecule has 3 fully saturated rings. The second kappa shape index (κ2) is 8.90. The molecule has 8 heteroatoms. The summed E-state index contributed by atoms with van der Waals surface area (Å²) in [4.78, 5) is 44.9. The average Bonchev–Trinajstić information content (AvgIpc) is 3.48. The van der Waals surface area contributed by atoms with Gasteiger partial charge in [0.1, 0.15) is 5.69 Å². The largest absolute Gasteiger partial charge is 0.353 e. The minimum atomic E-state index is -0.157. The molecule has 0 aromatic carbocycles. The van der Waals surface area contributed by atoms with Crippen molar-refractivity contribution in [1.82, 2.24) is 25.4 Å². The highest BCUT2D eigenvalue weighted by Crippen LogP contribution is 2.35. The molecule has 156 valence electrons. The first-order valence-corrected chi connectivity index (χ1v) is 10.6. The number of piperazine rings is 1.